The lowest BCUT2D eigenvalue weighted by molar-refractivity contribution is -0.137. The molecule has 2 aromatic heterocycles. The fourth-order valence-electron chi connectivity index (χ4n) is 4.48. The Labute approximate surface area is 241 Å². The van der Waals surface area contributed by atoms with Crippen molar-refractivity contribution in [3.8, 4) is 23.1 Å². The third-order valence-electron chi connectivity index (χ3n) is 6.95. The van der Waals surface area contributed by atoms with Crippen LogP contribution >= 0.6 is 0 Å². The average Bonchev–Trinajstić information content (AvgIpc) is 2.99. The van der Waals surface area contributed by atoms with Crippen LogP contribution in [0.25, 0.3) is 0 Å². The van der Waals surface area contributed by atoms with E-state index in [0.717, 1.165) is 42.0 Å². The van der Waals surface area contributed by atoms with E-state index in [1.807, 2.05) is 43.3 Å². The number of aromatic nitrogens is 2. The van der Waals surface area contributed by atoms with Gasteiger partial charge in [-0.2, -0.15) is 13.2 Å². The molecule has 0 spiro atoms. The molecule has 1 fully saturated rings. The average molecular weight is 578 g/mol. The zero-order valence-corrected chi connectivity index (χ0v) is 23.0. The summed E-state index contributed by atoms with van der Waals surface area (Å²) in [5, 5.41) is 0. The Bertz CT molecular complexity index is 1450. The van der Waals surface area contributed by atoms with Crippen molar-refractivity contribution < 1.29 is 32.2 Å². The third kappa shape index (κ3) is 7.99. The Kier molecular flexibility index (Phi) is 8.90. The summed E-state index contributed by atoms with van der Waals surface area (Å²) in [5.74, 6) is 2.68. The molecule has 5 rings (SSSR count). The quantitative estimate of drug-likeness (QED) is 0.216. The lowest BCUT2D eigenvalue weighted by Crippen LogP contribution is -2.41. The lowest BCUT2D eigenvalue weighted by atomic mass is 9.98. The molecule has 1 amide bonds. The fraction of sp³-hybridized carbons (Fsp3) is 0.281. The van der Waals surface area contributed by atoms with E-state index in [4.69, 9.17) is 14.2 Å². The molecule has 0 bridgehead atoms. The SMILES string of the molecule is Cc1ccc(Oc2ccc(OCC3CCN(C(=O)Oc4ccc(Cc5ccc(C(F)(F)F)cn5)cc4)CC3)cc2)nc1. The number of rotatable bonds is 8. The second-order valence-electron chi connectivity index (χ2n) is 10.2. The first kappa shape index (κ1) is 28.9. The smallest absolute Gasteiger partial charge is 0.417 e. The second-order valence-corrected chi connectivity index (χ2v) is 10.2. The van der Waals surface area contributed by atoms with Gasteiger partial charge in [-0.15, -0.1) is 0 Å². The summed E-state index contributed by atoms with van der Waals surface area (Å²) in [5.41, 5.74) is 1.64. The molecule has 1 saturated heterocycles. The number of pyridine rings is 2. The van der Waals surface area contributed by atoms with Gasteiger partial charge in [-0.25, -0.2) is 9.78 Å². The topological polar surface area (TPSA) is 73.8 Å². The van der Waals surface area contributed by atoms with Crippen LogP contribution < -0.4 is 14.2 Å². The highest BCUT2D eigenvalue weighted by Gasteiger charge is 2.30. The van der Waals surface area contributed by atoms with Gasteiger partial charge in [0, 0.05) is 43.7 Å². The monoisotopic (exact) mass is 577 g/mol. The first-order valence-electron chi connectivity index (χ1n) is 13.6. The van der Waals surface area contributed by atoms with Crippen molar-refractivity contribution in [2.75, 3.05) is 19.7 Å². The van der Waals surface area contributed by atoms with Crippen LogP contribution in [0.1, 0.15) is 35.2 Å². The van der Waals surface area contributed by atoms with E-state index < -0.39 is 17.8 Å². The summed E-state index contributed by atoms with van der Waals surface area (Å²) in [4.78, 5) is 22.5. The Morgan fingerprint density at radius 1 is 0.857 bits per heavy atom. The van der Waals surface area contributed by atoms with Crippen LogP contribution in [-0.4, -0.2) is 40.7 Å². The van der Waals surface area contributed by atoms with E-state index in [9.17, 15) is 18.0 Å². The normalized spacial score (nSPS) is 14.0. The van der Waals surface area contributed by atoms with Crippen LogP contribution in [0.5, 0.6) is 23.1 Å². The van der Waals surface area contributed by atoms with Crippen molar-refractivity contribution in [2.45, 2.75) is 32.4 Å². The van der Waals surface area contributed by atoms with Gasteiger partial charge in [0.2, 0.25) is 5.88 Å². The number of hydrogen-bond acceptors (Lipinski definition) is 6. The van der Waals surface area contributed by atoms with E-state index in [2.05, 4.69) is 9.97 Å². The van der Waals surface area contributed by atoms with Crippen LogP contribution in [0, 0.1) is 12.8 Å². The molecule has 3 heterocycles. The molecular formula is C32H30F3N3O4. The molecule has 218 valence electrons. The summed E-state index contributed by atoms with van der Waals surface area (Å²) in [7, 11) is 0. The molecule has 10 heteroatoms. The minimum Gasteiger partial charge on any atom is -0.493 e. The maximum atomic E-state index is 12.7. The third-order valence-corrected chi connectivity index (χ3v) is 6.95. The van der Waals surface area contributed by atoms with Crippen LogP contribution in [-0.2, 0) is 12.6 Å². The highest BCUT2D eigenvalue weighted by Crippen LogP contribution is 2.29. The zero-order valence-electron chi connectivity index (χ0n) is 23.0. The van der Waals surface area contributed by atoms with Gasteiger partial charge in [-0.05, 0) is 85.3 Å². The molecule has 7 nitrogen and oxygen atoms in total. The van der Waals surface area contributed by atoms with Gasteiger partial charge in [0.15, 0.2) is 0 Å². The van der Waals surface area contributed by atoms with Gasteiger partial charge >= 0.3 is 12.3 Å². The number of halogens is 3. The number of carbonyl (C=O) groups excluding carboxylic acids is 1. The maximum absolute atomic E-state index is 12.7. The zero-order chi connectivity index (χ0) is 29.5. The predicted molar refractivity (Wildman–Crippen MR) is 150 cm³/mol. The van der Waals surface area contributed by atoms with Gasteiger partial charge in [-0.3, -0.25) is 4.98 Å². The number of nitrogens with zero attached hydrogens (tertiary/aromatic N) is 3. The maximum Gasteiger partial charge on any atom is 0.417 e. The number of alkyl halides is 3. The molecule has 4 aromatic rings. The molecule has 0 saturated carbocycles. The first-order chi connectivity index (χ1) is 20.2. The van der Waals surface area contributed by atoms with E-state index in [-0.39, 0.29) is 0 Å². The summed E-state index contributed by atoms with van der Waals surface area (Å²) in [6.45, 7) is 3.66. The first-order valence-corrected chi connectivity index (χ1v) is 13.6. The largest absolute Gasteiger partial charge is 0.493 e. The molecule has 0 unspecified atom stereocenters. The predicted octanol–water partition coefficient (Wildman–Crippen LogP) is 7.48. The number of likely N-dealkylation sites (tertiary alicyclic amines) is 1. The Hall–Kier alpha value is -4.60. The molecule has 0 atom stereocenters. The van der Waals surface area contributed by atoms with E-state index in [0.29, 0.717) is 55.1 Å². The Morgan fingerprint density at radius 3 is 2.17 bits per heavy atom. The Balaban J connectivity index is 1.03. The number of hydrogen-bond donors (Lipinski definition) is 0. The Morgan fingerprint density at radius 2 is 1.55 bits per heavy atom. The van der Waals surface area contributed by atoms with Crippen molar-refractivity contribution in [3.05, 3.63) is 108 Å². The summed E-state index contributed by atoms with van der Waals surface area (Å²) in [6.07, 6.45) is -0.271. The summed E-state index contributed by atoms with van der Waals surface area (Å²) in [6, 6.07) is 20.4. The van der Waals surface area contributed by atoms with Crippen LogP contribution in [0.15, 0.2) is 85.2 Å². The van der Waals surface area contributed by atoms with Gasteiger partial charge in [-0.1, -0.05) is 18.2 Å². The summed E-state index contributed by atoms with van der Waals surface area (Å²) < 4.78 is 55.4. The molecule has 0 N–H and O–H groups in total. The molecule has 42 heavy (non-hydrogen) atoms. The summed E-state index contributed by atoms with van der Waals surface area (Å²) >= 11 is 0. The van der Waals surface area contributed by atoms with E-state index in [1.165, 1.54) is 6.07 Å². The van der Waals surface area contributed by atoms with Gasteiger partial charge in [0.25, 0.3) is 0 Å². The standard InChI is InChI=1S/C32H30F3N3O4/c1-22-2-13-30(37-19-22)41-28-11-9-27(10-12-28)40-21-24-14-16-38(17-15-24)31(39)42-29-7-3-23(4-8-29)18-26-6-5-25(20-36-26)32(33,34)35/h2-13,19-20,24H,14-18,21H2,1H3. The van der Waals surface area contributed by atoms with Crippen molar-refractivity contribution >= 4 is 6.09 Å². The number of amides is 1. The molecule has 1 aliphatic rings. The number of aryl methyl sites for hydroxylation is 1. The number of ether oxygens (including phenoxy) is 3. The lowest BCUT2D eigenvalue weighted by Gasteiger charge is -2.31. The van der Waals surface area contributed by atoms with Gasteiger partial charge in [0.1, 0.15) is 17.2 Å². The van der Waals surface area contributed by atoms with Crippen LogP contribution in [0.4, 0.5) is 18.0 Å². The fourth-order valence-corrected chi connectivity index (χ4v) is 4.48. The molecule has 1 aliphatic heterocycles. The number of benzene rings is 2. The minimum absolute atomic E-state index is 0.319. The van der Waals surface area contributed by atoms with Crippen LogP contribution in [0.3, 0.4) is 0 Å². The molecule has 2 aromatic carbocycles. The number of carbonyl (C=O) groups is 1. The van der Waals surface area contributed by atoms with Gasteiger partial charge in [0.05, 0.1) is 12.2 Å². The van der Waals surface area contributed by atoms with Crippen molar-refractivity contribution in [2.24, 2.45) is 5.92 Å². The van der Waals surface area contributed by atoms with Crippen LogP contribution in [0.2, 0.25) is 0 Å². The van der Waals surface area contributed by atoms with Gasteiger partial charge < -0.3 is 19.1 Å². The van der Waals surface area contributed by atoms with E-state index >= 15 is 0 Å². The molecular weight excluding hydrogens is 547 g/mol. The van der Waals surface area contributed by atoms with Crippen molar-refractivity contribution in [3.63, 3.8) is 0 Å². The van der Waals surface area contributed by atoms with Crippen molar-refractivity contribution in [1.29, 1.82) is 0 Å². The minimum atomic E-state index is -4.41. The second kappa shape index (κ2) is 12.9. The van der Waals surface area contributed by atoms with E-state index in [1.54, 1.807) is 35.4 Å². The highest BCUT2D eigenvalue weighted by atomic mass is 19.4. The highest BCUT2D eigenvalue weighted by molar-refractivity contribution is 5.70. The molecule has 0 aliphatic carbocycles. The number of piperidine rings is 1. The van der Waals surface area contributed by atoms with Crippen molar-refractivity contribution in [1.82, 2.24) is 14.9 Å². The molecule has 0 radical (unpaired) electrons.